The largest absolute Gasteiger partial charge is 0.372 e. The van der Waals surface area contributed by atoms with E-state index in [1.54, 1.807) is 12.1 Å². The maximum Gasteiger partial charge on any atom is 0.152 e. The Bertz CT molecular complexity index is 431. The molecule has 0 aromatic heterocycles. The minimum atomic E-state index is -0.194. The highest BCUT2D eigenvalue weighted by molar-refractivity contribution is 6.31. The molecule has 17 heavy (non-hydrogen) atoms. The van der Waals surface area contributed by atoms with Gasteiger partial charge in [-0.25, -0.2) is 0 Å². The van der Waals surface area contributed by atoms with E-state index < -0.39 is 0 Å². The molecule has 0 radical (unpaired) electrons. The first-order valence-corrected chi connectivity index (χ1v) is 6.03. The highest BCUT2D eigenvalue weighted by Crippen LogP contribution is 2.28. The van der Waals surface area contributed by atoms with E-state index in [0.29, 0.717) is 17.2 Å². The van der Waals surface area contributed by atoms with Crippen LogP contribution in [0.3, 0.4) is 0 Å². The van der Waals surface area contributed by atoms with Gasteiger partial charge in [-0.2, -0.15) is 0 Å². The number of benzene rings is 1. The van der Waals surface area contributed by atoms with Gasteiger partial charge in [0.25, 0.3) is 0 Å². The Morgan fingerprint density at radius 2 is 2.24 bits per heavy atom. The predicted octanol–water partition coefficient (Wildman–Crippen LogP) is 2.77. The van der Waals surface area contributed by atoms with Crippen molar-refractivity contribution in [2.24, 2.45) is 0 Å². The lowest BCUT2D eigenvalue weighted by Crippen LogP contribution is -2.48. The highest BCUT2D eigenvalue weighted by Gasteiger charge is 2.28. The first-order valence-electron chi connectivity index (χ1n) is 5.65. The number of halogens is 1. The molecule has 3 nitrogen and oxygen atoms in total. The van der Waals surface area contributed by atoms with Crippen molar-refractivity contribution in [1.29, 1.82) is 0 Å². The van der Waals surface area contributed by atoms with E-state index in [9.17, 15) is 4.79 Å². The van der Waals surface area contributed by atoms with Gasteiger partial charge in [-0.3, -0.25) is 4.79 Å². The first-order chi connectivity index (χ1) is 8.02. The topological polar surface area (TPSA) is 29.5 Å². The Hall–Kier alpha value is -1.06. The van der Waals surface area contributed by atoms with Crippen LogP contribution >= 0.6 is 11.6 Å². The summed E-state index contributed by atoms with van der Waals surface area (Å²) in [7, 11) is 0. The number of rotatable bonds is 2. The molecule has 1 aromatic carbocycles. The van der Waals surface area contributed by atoms with E-state index in [4.69, 9.17) is 16.3 Å². The first kappa shape index (κ1) is 12.4. The van der Waals surface area contributed by atoms with Crippen molar-refractivity contribution in [3.63, 3.8) is 0 Å². The summed E-state index contributed by atoms with van der Waals surface area (Å²) in [6.45, 7) is 6.30. The van der Waals surface area contributed by atoms with E-state index in [2.05, 4.69) is 4.90 Å². The van der Waals surface area contributed by atoms with Crippen molar-refractivity contribution in [2.45, 2.75) is 19.4 Å². The molecule has 0 aliphatic carbocycles. The Kier molecular flexibility index (Phi) is 3.40. The van der Waals surface area contributed by atoms with Crippen LogP contribution in [0.25, 0.3) is 0 Å². The van der Waals surface area contributed by atoms with Crippen molar-refractivity contribution < 1.29 is 9.53 Å². The fourth-order valence-electron chi connectivity index (χ4n) is 2.11. The lowest BCUT2D eigenvalue weighted by Gasteiger charge is -2.40. The minimum absolute atomic E-state index is 0.194. The fourth-order valence-corrected chi connectivity index (χ4v) is 2.28. The third-order valence-corrected chi connectivity index (χ3v) is 3.12. The van der Waals surface area contributed by atoms with Crippen LogP contribution < -0.4 is 4.90 Å². The molecule has 1 saturated heterocycles. The van der Waals surface area contributed by atoms with Crippen molar-refractivity contribution in [1.82, 2.24) is 0 Å². The van der Waals surface area contributed by atoms with Crippen LogP contribution in [0.2, 0.25) is 5.02 Å². The van der Waals surface area contributed by atoms with Crippen LogP contribution in [0.1, 0.15) is 24.2 Å². The molecule has 0 amide bonds. The van der Waals surface area contributed by atoms with Gasteiger partial charge in [0, 0.05) is 29.4 Å². The summed E-state index contributed by atoms with van der Waals surface area (Å²) in [5, 5.41) is 0.648. The molecule has 1 aliphatic heterocycles. The number of carbonyl (C=O) groups is 1. The molecule has 4 heteroatoms. The SMILES string of the molecule is CC1(C)CN(c2cc(Cl)ccc2C=O)CCO1. The molecule has 0 spiro atoms. The van der Waals surface area contributed by atoms with Crippen LogP contribution in [0.5, 0.6) is 0 Å². The normalized spacial score (nSPS) is 19.1. The molecule has 0 N–H and O–H groups in total. The molecule has 1 fully saturated rings. The van der Waals surface area contributed by atoms with Crippen LogP contribution in [-0.4, -0.2) is 31.6 Å². The van der Waals surface area contributed by atoms with E-state index in [1.807, 2.05) is 19.9 Å². The van der Waals surface area contributed by atoms with E-state index >= 15 is 0 Å². The van der Waals surface area contributed by atoms with Gasteiger partial charge >= 0.3 is 0 Å². The number of anilines is 1. The minimum Gasteiger partial charge on any atom is -0.372 e. The number of ether oxygens (including phenoxy) is 1. The van der Waals surface area contributed by atoms with Crippen LogP contribution in [0, 0.1) is 0 Å². The van der Waals surface area contributed by atoms with Crippen LogP contribution in [0.15, 0.2) is 18.2 Å². The smallest absolute Gasteiger partial charge is 0.152 e. The number of aldehydes is 1. The van der Waals surface area contributed by atoms with Gasteiger partial charge in [0.15, 0.2) is 6.29 Å². The molecule has 92 valence electrons. The van der Waals surface area contributed by atoms with Crippen molar-refractivity contribution in [3.05, 3.63) is 28.8 Å². The van der Waals surface area contributed by atoms with E-state index in [0.717, 1.165) is 25.1 Å². The van der Waals surface area contributed by atoms with Crippen molar-refractivity contribution >= 4 is 23.6 Å². The molecule has 0 saturated carbocycles. The highest BCUT2D eigenvalue weighted by atomic mass is 35.5. The monoisotopic (exact) mass is 253 g/mol. The number of hydrogen-bond donors (Lipinski definition) is 0. The number of hydrogen-bond acceptors (Lipinski definition) is 3. The maximum atomic E-state index is 11.0. The zero-order chi connectivity index (χ0) is 12.5. The zero-order valence-electron chi connectivity index (χ0n) is 10.1. The van der Waals surface area contributed by atoms with E-state index in [1.165, 1.54) is 0 Å². The van der Waals surface area contributed by atoms with Gasteiger partial charge in [-0.1, -0.05) is 11.6 Å². The summed E-state index contributed by atoms with van der Waals surface area (Å²) in [5.41, 5.74) is 1.37. The lowest BCUT2D eigenvalue weighted by atomic mass is 10.1. The number of nitrogens with zero attached hydrogens (tertiary/aromatic N) is 1. The summed E-state index contributed by atoms with van der Waals surface area (Å²) >= 11 is 5.99. The third-order valence-electron chi connectivity index (χ3n) is 2.89. The summed E-state index contributed by atoms with van der Waals surface area (Å²) in [6.07, 6.45) is 0.869. The second-order valence-corrected chi connectivity index (χ2v) is 5.29. The Morgan fingerprint density at radius 3 is 2.88 bits per heavy atom. The Labute approximate surface area is 106 Å². The van der Waals surface area contributed by atoms with Crippen molar-refractivity contribution in [2.75, 3.05) is 24.6 Å². The van der Waals surface area contributed by atoms with Gasteiger partial charge in [-0.15, -0.1) is 0 Å². The number of carbonyl (C=O) groups excluding carboxylic acids is 1. The number of morpholine rings is 1. The lowest BCUT2D eigenvalue weighted by molar-refractivity contribution is -0.0277. The fraction of sp³-hybridized carbons (Fsp3) is 0.462. The van der Waals surface area contributed by atoms with Gasteiger partial charge in [-0.05, 0) is 32.0 Å². The average molecular weight is 254 g/mol. The van der Waals surface area contributed by atoms with Gasteiger partial charge in [0.1, 0.15) is 0 Å². The molecule has 1 aliphatic rings. The quantitative estimate of drug-likeness (QED) is 0.759. The van der Waals surface area contributed by atoms with E-state index in [-0.39, 0.29) is 5.60 Å². The van der Waals surface area contributed by atoms with Gasteiger partial charge < -0.3 is 9.64 Å². The zero-order valence-corrected chi connectivity index (χ0v) is 10.8. The summed E-state index contributed by atoms with van der Waals surface area (Å²) in [5.74, 6) is 0. The maximum absolute atomic E-state index is 11.0. The van der Waals surface area contributed by atoms with Crippen LogP contribution in [-0.2, 0) is 4.74 Å². The average Bonchev–Trinajstić information content (AvgIpc) is 2.27. The Morgan fingerprint density at radius 1 is 1.47 bits per heavy atom. The predicted molar refractivity (Wildman–Crippen MR) is 69.1 cm³/mol. The molecular weight excluding hydrogens is 238 g/mol. The Balaban J connectivity index is 2.32. The third kappa shape index (κ3) is 2.79. The molecule has 0 bridgehead atoms. The summed E-state index contributed by atoms with van der Waals surface area (Å²) < 4.78 is 5.66. The molecule has 0 unspecified atom stereocenters. The molecule has 1 heterocycles. The standard InChI is InChI=1S/C13H16ClNO2/c1-13(2)9-15(5-6-17-13)12-7-11(14)4-3-10(12)8-16/h3-4,7-8H,5-6,9H2,1-2H3. The molecule has 1 aromatic rings. The van der Waals surface area contributed by atoms with Gasteiger partial charge in [0.2, 0.25) is 0 Å². The molecule has 2 rings (SSSR count). The second-order valence-electron chi connectivity index (χ2n) is 4.85. The molecular formula is C13H16ClNO2. The van der Waals surface area contributed by atoms with Gasteiger partial charge in [0.05, 0.1) is 12.2 Å². The van der Waals surface area contributed by atoms with Crippen LogP contribution in [0.4, 0.5) is 5.69 Å². The second kappa shape index (κ2) is 4.67. The van der Waals surface area contributed by atoms with Crippen molar-refractivity contribution in [3.8, 4) is 0 Å². The summed E-state index contributed by atoms with van der Waals surface area (Å²) in [4.78, 5) is 13.2. The molecule has 0 atom stereocenters. The summed E-state index contributed by atoms with van der Waals surface area (Å²) in [6, 6.07) is 5.33.